The Morgan fingerprint density at radius 1 is 1.36 bits per heavy atom. The molecule has 8 nitrogen and oxygen atoms in total. The number of ether oxygens (including phenoxy) is 1. The van der Waals surface area contributed by atoms with Gasteiger partial charge in [-0.3, -0.25) is 4.79 Å². The fourth-order valence-corrected chi connectivity index (χ4v) is 3.20. The molecular weight excluding hydrogens is 322 g/mol. The van der Waals surface area contributed by atoms with E-state index in [4.69, 9.17) is 4.74 Å². The topological polar surface area (TPSA) is 78.0 Å². The maximum atomic E-state index is 12.4. The average molecular weight is 347 g/mol. The molecule has 1 aromatic heterocycles. The molecule has 0 saturated carbocycles. The van der Waals surface area contributed by atoms with Crippen molar-refractivity contribution in [2.45, 2.75) is 25.0 Å². The molecule has 0 aliphatic carbocycles. The number of carbonyl (C=O) groups is 2. The van der Waals surface area contributed by atoms with Gasteiger partial charge in [0.25, 0.3) is 0 Å². The zero-order chi connectivity index (χ0) is 18.0. The number of aromatic nitrogens is 1. The lowest BCUT2D eigenvalue weighted by molar-refractivity contribution is -0.128. The third-order valence-electron chi connectivity index (χ3n) is 4.63. The van der Waals surface area contributed by atoms with Crippen molar-refractivity contribution in [3.05, 3.63) is 18.3 Å². The Balaban J connectivity index is 1.55. The second-order valence-corrected chi connectivity index (χ2v) is 6.74. The van der Waals surface area contributed by atoms with Crippen LogP contribution in [0.1, 0.15) is 12.8 Å². The van der Waals surface area contributed by atoms with Crippen LogP contribution >= 0.6 is 0 Å². The highest BCUT2D eigenvalue weighted by Gasteiger charge is 2.34. The molecule has 2 aliphatic heterocycles. The van der Waals surface area contributed by atoms with Crippen LogP contribution in [0.4, 0.5) is 10.6 Å². The molecule has 136 valence electrons. The highest BCUT2D eigenvalue weighted by atomic mass is 16.5. The first kappa shape index (κ1) is 17.3. The number of urea groups is 1. The third-order valence-corrected chi connectivity index (χ3v) is 4.63. The number of likely N-dealkylation sites (N-methyl/N-ethyl adjacent to an activating group) is 1. The lowest BCUT2D eigenvalue weighted by Crippen LogP contribution is -2.47. The van der Waals surface area contributed by atoms with Gasteiger partial charge >= 0.3 is 6.03 Å². The number of likely N-dealkylation sites (tertiary alicyclic amines) is 2. The molecule has 8 heteroatoms. The van der Waals surface area contributed by atoms with E-state index in [1.54, 1.807) is 23.0 Å². The molecule has 2 atom stereocenters. The lowest BCUT2D eigenvalue weighted by atomic mass is 10.2. The smallest absolute Gasteiger partial charge is 0.318 e. The Labute approximate surface area is 147 Å². The van der Waals surface area contributed by atoms with Crippen LogP contribution in [0.15, 0.2) is 18.3 Å². The van der Waals surface area contributed by atoms with Crippen LogP contribution in [0.25, 0.3) is 0 Å². The summed E-state index contributed by atoms with van der Waals surface area (Å²) in [6.45, 7) is 1.80. The van der Waals surface area contributed by atoms with Gasteiger partial charge in [-0.15, -0.1) is 0 Å². The van der Waals surface area contributed by atoms with Crippen LogP contribution in [-0.4, -0.2) is 79.6 Å². The molecule has 2 saturated heterocycles. The Kier molecular flexibility index (Phi) is 4.96. The monoisotopic (exact) mass is 347 g/mol. The van der Waals surface area contributed by atoms with E-state index >= 15 is 0 Å². The molecule has 3 amide bonds. The van der Waals surface area contributed by atoms with Gasteiger partial charge in [0.1, 0.15) is 12.1 Å². The Bertz CT molecular complexity index is 651. The van der Waals surface area contributed by atoms with E-state index in [-0.39, 0.29) is 18.0 Å². The fourth-order valence-electron chi connectivity index (χ4n) is 3.20. The van der Waals surface area contributed by atoms with E-state index in [0.29, 0.717) is 31.8 Å². The molecule has 3 rings (SSSR count). The number of pyridine rings is 1. The van der Waals surface area contributed by atoms with Gasteiger partial charge in [0.15, 0.2) is 11.6 Å². The van der Waals surface area contributed by atoms with Gasteiger partial charge in [0, 0.05) is 46.9 Å². The van der Waals surface area contributed by atoms with Crippen LogP contribution in [0.5, 0.6) is 5.75 Å². The largest absolute Gasteiger partial charge is 0.485 e. The zero-order valence-electron chi connectivity index (χ0n) is 14.9. The molecule has 3 heterocycles. The van der Waals surface area contributed by atoms with Gasteiger partial charge in [-0.2, -0.15) is 0 Å². The molecule has 1 N–H and O–H groups in total. The van der Waals surface area contributed by atoms with Crippen molar-refractivity contribution < 1.29 is 14.3 Å². The van der Waals surface area contributed by atoms with Crippen LogP contribution in [-0.2, 0) is 4.79 Å². The van der Waals surface area contributed by atoms with Crippen molar-refractivity contribution in [2.75, 3.05) is 45.7 Å². The summed E-state index contributed by atoms with van der Waals surface area (Å²) < 4.78 is 6.06. The number of rotatable bonds is 4. The van der Waals surface area contributed by atoms with Crippen molar-refractivity contribution in [3.63, 3.8) is 0 Å². The third kappa shape index (κ3) is 3.78. The first-order valence-corrected chi connectivity index (χ1v) is 8.55. The summed E-state index contributed by atoms with van der Waals surface area (Å²) in [5.74, 6) is 1.46. The second-order valence-electron chi connectivity index (χ2n) is 6.74. The maximum absolute atomic E-state index is 12.4. The van der Waals surface area contributed by atoms with E-state index in [1.165, 1.54) is 0 Å². The van der Waals surface area contributed by atoms with Gasteiger partial charge < -0.3 is 24.8 Å². The molecule has 0 bridgehead atoms. The molecule has 0 radical (unpaired) electrons. The Morgan fingerprint density at radius 3 is 2.84 bits per heavy atom. The maximum Gasteiger partial charge on any atom is 0.318 e. The van der Waals surface area contributed by atoms with Crippen LogP contribution in [0, 0.1) is 0 Å². The number of hydrogen-bond acceptors (Lipinski definition) is 5. The molecule has 1 aromatic rings. The predicted octanol–water partition coefficient (Wildman–Crippen LogP) is 0.541. The molecule has 25 heavy (non-hydrogen) atoms. The number of hydrogen-bond donors (Lipinski definition) is 1. The van der Waals surface area contributed by atoms with Crippen LogP contribution in [0.2, 0.25) is 0 Å². The van der Waals surface area contributed by atoms with Gasteiger partial charge in [-0.1, -0.05) is 0 Å². The van der Waals surface area contributed by atoms with Crippen LogP contribution in [0.3, 0.4) is 0 Å². The van der Waals surface area contributed by atoms with Gasteiger partial charge in [-0.05, 0) is 18.6 Å². The summed E-state index contributed by atoms with van der Waals surface area (Å²) in [7, 11) is 5.59. The first-order chi connectivity index (χ1) is 12.0. The summed E-state index contributed by atoms with van der Waals surface area (Å²) in [6, 6.07) is 3.12. The standard InChI is InChI=1S/C17H25N5O3/c1-20(2)15-14(5-4-8-18-15)25-12-6-10-22(11-12)17(24)19-13-7-9-21(3)16(13)23/h4-5,8,12-13H,6-7,9-11H2,1-3H3,(H,19,24)/t12-,13-/m0/s1. The minimum Gasteiger partial charge on any atom is -0.485 e. The van der Waals surface area contributed by atoms with Gasteiger partial charge in [-0.25, -0.2) is 9.78 Å². The molecule has 2 fully saturated rings. The predicted molar refractivity (Wildman–Crippen MR) is 93.7 cm³/mol. The van der Waals surface area contributed by atoms with Crippen LogP contribution < -0.4 is 15.0 Å². The van der Waals surface area contributed by atoms with Crippen molar-refractivity contribution in [3.8, 4) is 5.75 Å². The second kappa shape index (κ2) is 7.16. The van der Waals surface area contributed by atoms with E-state index in [0.717, 1.165) is 12.2 Å². The average Bonchev–Trinajstić information content (AvgIpc) is 3.17. The summed E-state index contributed by atoms with van der Waals surface area (Å²) >= 11 is 0. The van der Waals surface area contributed by atoms with Crippen molar-refractivity contribution in [2.24, 2.45) is 0 Å². The molecule has 0 aromatic carbocycles. The summed E-state index contributed by atoms with van der Waals surface area (Å²) in [6.07, 6.45) is 3.08. The lowest BCUT2D eigenvalue weighted by Gasteiger charge is -2.21. The normalized spacial score (nSPS) is 23.1. The molecule has 0 unspecified atom stereocenters. The number of nitrogens with zero attached hydrogens (tertiary/aromatic N) is 4. The summed E-state index contributed by atoms with van der Waals surface area (Å²) in [5, 5.41) is 2.83. The summed E-state index contributed by atoms with van der Waals surface area (Å²) in [4.78, 5) is 33.9. The highest BCUT2D eigenvalue weighted by Crippen LogP contribution is 2.26. The number of nitrogens with one attached hydrogen (secondary N) is 1. The van der Waals surface area contributed by atoms with Crippen molar-refractivity contribution in [1.29, 1.82) is 0 Å². The number of anilines is 1. The SMILES string of the molecule is CN1CC[C@H](NC(=O)N2CC[C@H](Oc3cccnc3N(C)C)C2)C1=O. The molecule has 2 aliphatic rings. The minimum absolute atomic E-state index is 0.0219. The fraction of sp³-hybridized carbons (Fsp3) is 0.588. The van der Waals surface area contributed by atoms with Gasteiger partial charge in [0.05, 0.1) is 6.54 Å². The summed E-state index contributed by atoms with van der Waals surface area (Å²) in [5.41, 5.74) is 0. The molecular formula is C17H25N5O3. The number of amides is 3. The number of carbonyl (C=O) groups excluding carboxylic acids is 2. The van der Waals surface area contributed by atoms with Gasteiger partial charge in [0.2, 0.25) is 5.91 Å². The van der Waals surface area contributed by atoms with Crippen molar-refractivity contribution >= 4 is 17.8 Å². The Hall–Kier alpha value is -2.51. The van der Waals surface area contributed by atoms with E-state index in [9.17, 15) is 9.59 Å². The zero-order valence-corrected chi connectivity index (χ0v) is 14.9. The quantitative estimate of drug-likeness (QED) is 0.860. The van der Waals surface area contributed by atoms with E-state index in [1.807, 2.05) is 31.1 Å². The molecule has 0 spiro atoms. The minimum atomic E-state index is -0.406. The first-order valence-electron chi connectivity index (χ1n) is 8.55. The highest BCUT2D eigenvalue weighted by molar-refractivity contribution is 5.88. The van der Waals surface area contributed by atoms with E-state index in [2.05, 4.69) is 10.3 Å². The Morgan fingerprint density at radius 2 is 2.16 bits per heavy atom. The van der Waals surface area contributed by atoms with Crippen molar-refractivity contribution in [1.82, 2.24) is 20.1 Å². The van der Waals surface area contributed by atoms with E-state index < -0.39 is 6.04 Å².